The molecule has 0 unspecified atom stereocenters. The molecule has 3 heterocycles. The van der Waals surface area contributed by atoms with Gasteiger partial charge >= 0.3 is 11.9 Å². The van der Waals surface area contributed by atoms with Crippen LogP contribution in [0.15, 0.2) is 21.4 Å². The van der Waals surface area contributed by atoms with Gasteiger partial charge in [-0.05, 0) is 18.4 Å². The summed E-state index contributed by atoms with van der Waals surface area (Å²) in [5.74, 6) is -1.02. The maximum Gasteiger partial charge on any atom is 0.348 e. The summed E-state index contributed by atoms with van der Waals surface area (Å²) in [7, 11) is 2.50. The maximum absolute atomic E-state index is 12.7. The van der Waals surface area contributed by atoms with E-state index >= 15 is 0 Å². The second-order valence-corrected chi connectivity index (χ2v) is 8.41. The number of thioether (sulfide) groups is 1. The van der Waals surface area contributed by atoms with Crippen LogP contribution in [0.4, 0.5) is 5.00 Å². The zero-order valence-corrected chi connectivity index (χ0v) is 17.8. The average Bonchev–Trinajstić information content (AvgIpc) is 3.29. The van der Waals surface area contributed by atoms with Crippen molar-refractivity contribution >= 4 is 61.6 Å². The van der Waals surface area contributed by atoms with Crippen LogP contribution in [0.5, 0.6) is 0 Å². The number of nitrogens with two attached hydrogens (primary N) is 1. The highest BCUT2D eigenvalue weighted by Crippen LogP contribution is 2.36. The van der Waals surface area contributed by atoms with Gasteiger partial charge in [-0.1, -0.05) is 11.8 Å². The van der Waals surface area contributed by atoms with Crippen LogP contribution in [-0.4, -0.2) is 35.7 Å². The summed E-state index contributed by atoms with van der Waals surface area (Å²) < 4.78 is 11.8. The Morgan fingerprint density at radius 1 is 1.29 bits per heavy atom. The number of thiophene rings is 2. The third-order valence-electron chi connectivity index (χ3n) is 3.99. The topological polar surface area (TPSA) is 114 Å². The number of hydrogen-bond donors (Lipinski definition) is 1. The number of ether oxygens (including phenoxy) is 2. The third-order valence-corrected chi connectivity index (χ3v) is 6.92. The first-order valence-corrected chi connectivity index (χ1v) is 10.8. The van der Waals surface area contributed by atoms with Gasteiger partial charge in [-0.3, -0.25) is 9.36 Å². The summed E-state index contributed by atoms with van der Waals surface area (Å²) in [6.45, 7) is 2.30. The number of methoxy groups -OCH3 is 2. The molecule has 0 aliphatic carbocycles. The number of esters is 2. The molecular formula is C17H17N3O5S3. The zero-order valence-electron chi connectivity index (χ0n) is 15.3. The first-order chi connectivity index (χ1) is 13.4. The Kier molecular flexibility index (Phi) is 6.06. The molecule has 0 atom stereocenters. The molecule has 0 aromatic carbocycles. The van der Waals surface area contributed by atoms with Crippen LogP contribution in [0.2, 0.25) is 0 Å². The van der Waals surface area contributed by atoms with E-state index in [9.17, 15) is 14.4 Å². The molecule has 0 saturated heterocycles. The monoisotopic (exact) mass is 439 g/mol. The van der Waals surface area contributed by atoms with E-state index in [4.69, 9.17) is 15.2 Å². The fourth-order valence-electron chi connectivity index (χ4n) is 2.66. The van der Waals surface area contributed by atoms with Gasteiger partial charge in [-0.25, -0.2) is 14.6 Å². The van der Waals surface area contributed by atoms with Crippen molar-refractivity contribution in [1.82, 2.24) is 9.55 Å². The Hall–Kier alpha value is -2.37. The molecule has 8 nitrogen and oxygen atoms in total. The molecule has 0 spiro atoms. The summed E-state index contributed by atoms with van der Waals surface area (Å²) in [6, 6.07) is 1.79. The molecule has 0 saturated carbocycles. The van der Waals surface area contributed by atoms with E-state index in [2.05, 4.69) is 4.98 Å². The van der Waals surface area contributed by atoms with E-state index in [1.807, 2.05) is 12.3 Å². The lowest BCUT2D eigenvalue weighted by molar-refractivity contribution is 0.0601. The van der Waals surface area contributed by atoms with Crippen molar-refractivity contribution < 1.29 is 19.1 Å². The number of rotatable bonds is 6. The number of fused-ring (bicyclic) bond motifs is 1. The van der Waals surface area contributed by atoms with Crippen LogP contribution in [-0.2, 0) is 21.8 Å². The van der Waals surface area contributed by atoms with Crippen molar-refractivity contribution in [2.75, 3.05) is 20.0 Å². The van der Waals surface area contributed by atoms with Gasteiger partial charge < -0.3 is 15.2 Å². The normalized spacial score (nSPS) is 11.0. The lowest BCUT2D eigenvalue weighted by atomic mass is 10.1. The number of hydrogen-bond acceptors (Lipinski definition) is 10. The molecule has 0 radical (unpaired) electrons. The quantitative estimate of drug-likeness (QED) is 0.354. The second kappa shape index (κ2) is 8.33. The summed E-state index contributed by atoms with van der Waals surface area (Å²) in [6.07, 6.45) is 0. The first-order valence-electron chi connectivity index (χ1n) is 8.11. The van der Waals surface area contributed by atoms with Crippen molar-refractivity contribution in [2.45, 2.75) is 24.4 Å². The lowest BCUT2D eigenvalue weighted by Gasteiger charge is -2.10. The fraction of sp³-hybridized carbons (Fsp3) is 0.294. The Morgan fingerprint density at radius 3 is 2.64 bits per heavy atom. The molecule has 11 heteroatoms. The highest BCUT2D eigenvalue weighted by Gasteiger charge is 2.27. The highest BCUT2D eigenvalue weighted by molar-refractivity contribution is 7.98. The number of aromatic nitrogens is 2. The molecular weight excluding hydrogens is 422 g/mol. The van der Waals surface area contributed by atoms with E-state index in [0.717, 1.165) is 11.3 Å². The van der Waals surface area contributed by atoms with Crippen molar-refractivity contribution in [2.24, 2.45) is 0 Å². The number of anilines is 1. The largest absolute Gasteiger partial charge is 0.465 e. The van der Waals surface area contributed by atoms with Gasteiger partial charge in [0.05, 0.1) is 25.3 Å². The van der Waals surface area contributed by atoms with Crippen molar-refractivity contribution in [1.29, 1.82) is 0 Å². The van der Waals surface area contributed by atoms with Crippen LogP contribution in [0.1, 0.15) is 32.5 Å². The Labute approximate surface area is 172 Å². The van der Waals surface area contributed by atoms with Crippen molar-refractivity contribution in [3.8, 4) is 0 Å². The molecule has 3 aromatic heterocycles. The van der Waals surface area contributed by atoms with Gasteiger partial charge in [0, 0.05) is 17.9 Å². The van der Waals surface area contributed by atoms with Crippen LogP contribution in [0.3, 0.4) is 0 Å². The molecule has 0 fully saturated rings. The summed E-state index contributed by atoms with van der Waals surface area (Å²) >= 11 is 3.56. The SMILES string of the molecule is CCn1c(SCc2c(C(=O)OC)sc(N)c2C(=O)OC)nc2ccsc2c1=O. The standard InChI is InChI=1S/C17H17N3O5S3/c1-4-20-14(21)12-9(5-6-26-12)19-17(20)27-7-8-10(15(22)24-2)13(18)28-11(8)16(23)25-3/h5-6H,4,7,18H2,1-3H3. The Balaban J connectivity index is 2.05. The highest BCUT2D eigenvalue weighted by atomic mass is 32.2. The van der Waals surface area contributed by atoms with Crippen LogP contribution in [0, 0.1) is 0 Å². The molecule has 148 valence electrons. The van der Waals surface area contributed by atoms with E-state index in [1.54, 1.807) is 10.6 Å². The van der Waals surface area contributed by atoms with Gasteiger partial charge in [0.25, 0.3) is 5.56 Å². The predicted octanol–water partition coefficient (Wildman–Crippen LogP) is 2.99. The van der Waals surface area contributed by atoms with Gasteiger partial charge in [0.2, 0.25) is 0 Å². The van der Waals surface area contributed by atoms with E-state index in [-0.39, 0.29) is 26.8 Å². The molecule has 2 N–H and O–H groups in total. The van der Waals surface area contributed by atoms with Gasteiger partial charge in [0.15, 0.2) is 5.16 Å². The summed E-state index contributed by atoms with van der Waals surface area (Å²) in [5, 5.41) is 2.49. The first kappa shape index (κ1) is 20.4. The minimum Gasteiger partial charge on any atom is -0.465 e. The van der Waals surface area contributed by atoms with Gasteiger partial charge in [-0.15, -0.1) is 22.7 Å². The second-order valence-electron chi connectivity index (χ2n) is 5.50. The van der Waals surface area contributed by atoms with Gasteiger partial charge in [0.1, 0.15) is 14.6 Å². The molecule has 0 amide bonds. The molecule has 28 heavy (non-hydrogen) atoms. The van der Waals surface area contributed by atoms with Crippen LogP contribution < -0.4 is 11.3 Å². The van der Waals surface area contributed by atoms with E-state index in [0.29, 0.717) is 27.5 Å². The molecule has 3 rings (SSSR count). The lowest BCUT2D eigenvalue weighted by Crippen LogP contribution is -2.21. The zero-order chi connectivity index (χ0) is 20.4. The Morgan fingerprint density at radius 2 is 2.00 bits per heavy atom. The fourth-order valence-corrected chi connectivity index (χ4v) is 5.61. The number of nitrogens with zero attached hydrogens (tertiary/aromatic N) is 2. The molecule has 0 aliphatic heterocycles. The van der Waals surface area contributed by atoms with Crippen molar-refractivity contribution in [3.05, 3.63) is 37.8 Å². The summed E-state index contributed by atoms with van der Waals surface area (Å²) in [5.41, 5.74) is 7.01. The van der Waals surface area contributed by atoms with E-state index < -0.39 is 11.9 Å². The molecule has 3 aromatic rings. The van der Waals surface area contributed by atoms with E-state index in [1.165, 1.54) is 37.3 Å². The summed E-state index contributed by atoms with van der Waals surface area (Å²) in [4.78, 5) is 41.8. The van der Waals surface area contributed by atoms with Crippen LogP contribution in [0.25, 0.3) is 10.2 Å². The number of nitrogen functional groups attached to an aromatic ring is 1. The average molecular weight is 440 g/mol. The number of carbonyl (C=O) groups is 2. The van der Waals surface area contributed by atoms with Gasteiger partial charge in [-0.2, -0.15) is 0 Å². The minimum atomic E-state index is -0.631. The smallest absolute Gasteiger partial charge is 0.348 e. The minimum absolute atomic E-state index is 0.115. The Bertz CT molecular complexity index is 1120. The predicted molar refractivity (Wildman–Crippen MR) is 111 cm³/mol. The third kappa shape index (κ3) is 3.52. The van der Waals surface area contributed by atoms with Crippen molar-refractivity contribution in [3.63, 3.8) is 0 Å². The molecule has 0 bridgehead atoms. The number of carbonyl (C=O) groups excluding carboxylic acids is 2. The molecule has 0 aliphatic rings. The maximum atomic E-state index is 12.7. The van der Waals surface area contributed by atoms with Crippen LogP contribution >= 0.6 is 34.4 Å².